The summed E-state index contributed by atoms with van der Waals surface area (Å²) in [6.45, 7) is 0.801. The van der Waals surface area contributed by atoms with Gasteiger partial charge in [0.25, 0.3) is 0 Å². The minimum absolute atomic E-state index is 0.801. The van der Waals surface area contributed by atoms with Gasteiger partial charge in [-0.3, -0.25) is 0 Å². The van der Waals surface area contributed by atoms with Crippen LogP contribution in [-0.2, 0) is 6.54 Å². The predicted molar refractivity (Wildman–Crippen MR) is 87.5 cm³/mol. The number of halogens is 2. The molecule has 1 heterocycles. The van der Waals surface area contributed by atoms with Gasteiger partial charge in [-0.1, -0.05) is 28.1 Å². The van der Waals surface area contributed by atoms with Gasteiger partial charge in [-0.05, 0) is 57.2 Å². The summed E-state index contributed by atoms with van der Waals surface area (Å²) < 4.78 is 2.13. The molecule has 0 unspecified atom stereocenters. The minimum atomic E-state index is 0.801. The number of nitrogens with one attached hydrogen (secondary N) is 2. The number of hydrogen-bond donors (Lipinski definition) is 2. The quantitative estimate of drug-likeness (QED) is 0.634. The van der Waals surface area contributed by atoms with Crippen LogP contribution in [0.25, 0.3) is 10.9 Å². The number of H-pyrrole nitrogens is 1. The number of aromatic nitrogens is 1. The number of rotatable bonds is 3. The lowest BCUT2D eigenvalue weighted by Gasteiger charge is -2.09. The van der Waals surface area contributed by atoms with E-state index in [9.17, 15) is 0 Å². The van der Waals surface area contributed by atoms with Crippen molar-refractivity contribution in [2.24, 2.45) is 0 Å². The summed E-state index contributed by atoms with van der Waals surface area (Å²) in [6.07, 6.45) is 1.97. The standard InChI is InChI=1S/C15H12Br2N2/c16-12-3-4-14(13(17)8-12)19-9-10-1-2-11-5-6-18-15(11)7-10/h1-8,18-19H,9H2. The summed E-state index contributed by atoms with van der Waals surface area (Å²) >= 11 is 7.01. The topological polar surface area (TPSA) is 27.8 Å². The van der Waals surface area contributed by atoms with Crippen molar-refractivity contribution in [3.05, 3.63) is 63.2 Å². The second-order valence-electron chi connectivity index (χ2n) is 4.38. The fraction of sp³-hybridized carbons (Fsp3) is 0.0667. The molecule has 4 heteroatoms. The summed E-state index contributed by atoms with van der Waals surface area (Å²) in [5.41, 5.74) is 3.52. The average molecular weight is 380 g/mol. The zero-order valence-corrected chi connectivity index (χ0v) is 13.3. The molecule has 0 amide bonds. The molecule has 0 spiro atoms. The molecule has 1 aromatic heterocycles. The van der Waals surface area contributed by atoms with Gasteiger partial charge in [0.15, 0.2) is 0 Å². The monoisotopic (exact) mass is 378 g/mol. The molecule has 0 saturated carbocycles. The molecule has 2 N–H and O–H groups in total. The van der Waals surface area contributed by atoms with Crippen LogP contribution in [0.3, 0.4) is 0 Å². The van der Waals surface area contributed by atoms with E-state index in [1.807, 2.05) is 18.3 Å². The first-order valence-electron chi connectivity index (χ1n) is 5.97. The van der Waals surface area contributed by atoms with Gasteiger partial charge in [-0.2, -0.15) is 0 Å². The van der Waals surface area contributed by atoms with Crippen molar-refractivity contribution >= 4 is 48.5 Å². The molecule has 0 fully saturated rings. The second-order valence-corrected chi connectivity index (χ2v) is 6.15. The highest BCUT2D eigenvalue weighted by atomic mass is 79.9. The highest BCUT2D eigenvalue weighted by Crippen LogP contribution is 2.26. The van der Waals surface area contributed by atoms with E-state index in [1.54, 1.807) is 0 Å². The molecule has 96 valence electrons. The molecule has 0 aliphatic carbocycles. The Morgan fingerprint density at radius 3 is 2.74 bits per heavy atom. The fourth-order valence-electron chi connectivity index (χ4n) is 2.04. The summed E-state index contributed by atoms with van der Waals surface area (Å²) in [7, 11) is 0. The van der Waals surface area contributed by atoms with Gasteiger partial charge in [0.05, 0.1) is 0 Å². The molecule has 2 nitrogen and oxygen atoms in total. The van der Waals surface area contributed by atoms with Gasteiger partial charge in [0.2, 0.25) is 0 Å². The number of hydrogen-bond acceptors (Lipinski definition) is 1. The van der Waals surface area contributed by atoms with E-state index < -0.39 is 0 Å². The molecule has 0 aliphatic heterocycles. The van der Waals surface area contributed by atoms with Crippen molar-refractivity contribution in [1.82, 2.24) is 4.98 Å². The minimum Gasteiger partial charge on any atom is -0.380 e. The first-order chi connectivity index (χ1) is 9.22. The number of fused-ring (bicyclic) bond motifs is 1. The maximum absolute atomic E-state index is 3.56. The van der Waals surface area contributed by atoms with Gasteiger partial charge >= 0.3 is 0 Å². The summed E-state index contributed by atoms with van der Waals surface area (Å²) in [5, 5.41) is 4.68. The Balaban J connectivity index is 1.77. The van der Waals surface area contributed by atoms with Crippen LogP contribution in [0.1, 0.15) is 5.56 Å². The first kappa shape index (κ1) is 12.8. The molecule has 0 saturated heterocycles. The van der Waals surface area contributed by atoms with Gasteiger partial charge in [-0.15, -0.1) is 0 Å². The Kier molecular flexibility index (Phi) is 3.62. The van der Waals surface area contributed by atoms with Crippen LogP contribution >= 0.6 is 31.9 Å². The Morgan fingerprint density at radius 1 is 1.00 bits per heavy atom. The molecular weight excluding hydrogens is 368 g/mol. The smallest absolute Gasteiger partial charge is 0.0488 e. The van der Waals surface area contributed by atoms with Crippen LogP contribution in [-0.4, -0.2) is 4.98 Å². The SMILES string of the molecule is Brc1ccc(NCc2ccc3cc[nH]c3c2)c(Br)c1. The lowest BCUT2D eigenvalue weighted by Crippen LogP contribution is -1.99. The highest BCUT2D eigenvalue weighted by molar-refractivity contribution is 9.11. The maximum atomic E-state index is 3.56. The maximum Gasteiger partial charge on any atom is 0.0488 e. The normalized spacial score (nSPS) is 10.8. The Bertz CT molecular complexity index is 719. The van der Waals surface area contributed by atoms with Crippen LogP contribution in [0, 0.1) is 0 Å². The summed E-state index contributed by atoms with van der Waals surface area (Å²) in [4.78, 5) is 3.23. The molecule has 2 aromatic carbocycles. The first-order valence-corrected chi connectivity index (χ1v) is 7.56. The van der Waals surface area contributed by atoms with E-state index in [0.717, 1.165) is 21.2 Å². The van der Waals surface area contributed by atoms with E-state index in [0.29, 0.717) is 0 Å². The molecule has 0 bridgehead atoms. The van der Waals surface area contributed by atoms with E-state index in [2.05, 4.69) is 72.5 Å². The Labute approximate surface area is 128 Å². The van der Waals surface area contributed by atoms with Crippen molar-refractivity contribution in [3.63, 3.8) is 0 Å². The van der Waals surface area contributed by atoms with Gasteiger partial charge < -0.3 is 10.3 Å². The number of aromatic amines is 1. The Morgan fingerprint density at radius 2 is 1.89 bits per heavy atom. The molecule has 3 aromatic rings. The molecule has 0 radical (unpaired) electrons. The largest absolute Gasteiger partial charge is 0.380 e. The van der Waals surface area contributed by atoms with Gasteiger partial charge in [0.1, 0.15) is 0 Å². The van der Waals surface area contributed by atoms with Crippen molar-refractivity contribution in [2.75, 3.05) is 5.32 Å². The zero-order chi connectivity index (χ0) is 13.2. The zero-order valence-electron chi connectivity index (χ0n) is 10.1. The van der Waals surface area contributed by atoms with Crippen molar-refractivity contribution in [2.45, 2.75) is 6.54 Å². The van der Waals surface area contributed by atoms with E-state index >= 15 is 0 Å². The molecule has 19 heavy (non-hydrogen) atoms. The second kappa shape index (κ2) is 5.39. The lowest BCUT2D eigenvalue weighted by atomic mass is 10.1. The lowest BCUT2D eigenvalue weighted by molar-refractivity contribution is 1.15. The third-order valence-corrected chi connectivity index (χ3v) is 4.18. The molecular formula is C15H12Br2N2. The van der Waals surface area contributed by atoms with Crippen LogP contribution in [0.15, 0.2) is 57.6 Å². The van der Waals surface area contributed by atoms with Crippen LogP contribution < -0.4 is 5.32 Å². The molecule has 0 atom stereocenters. The third kappa shape index (κ3) is 2.85. The number of anilines is 1. The summed E-state index contributed by atoms with van der Waals surface area (Å²) in [6, 6.07) is 14.7. The van der Waals surface area contributed by atoms with Crippen molar-refractivity contribution in [1.29, 1.82) is 0 Å². The van der Waals surface area contributed by atoms with Crippen LogP contribution in [0.5, 0.6) is 0 Å². The van der Waals surface area contributed by atoms with E-state index in [4.69, 9.17) is 0 Å². The van der Waals surface area contributed by atoms with Gasteiger partial charge in [-0.25, -0.2) is 0 Å². The average Bonchev–Trinajstić information content (AvgIpc) is 2.85. The van der Waals surface area contributed by atoms with Crippen LogP contribution in [0.4, 0.5) is 5.69 Å². The van der Waals surface area contributed by atoms with Crippen molar-refractivity contribution < 1.29 is 0 Å². The Hall–Kier alpha value is -1.26. The third-order valence-electron chi connectivity index (χ3n) is 3.03. The van der Waals surface area contributed by atoms with Crippen LogP contribution in [0.2, 0.25) is 0 Å². The summed E-state index contributed by atoms with van der Waals surface area (Å²) in [5.74, 6) is 0. The number of benzene rings is 2. The highest BCUT2D eigenvalue weighted by Gasteiger charge is 2.01. The molecule has 3 rings (SSSR count). The fourth-order valence-corrected chi connectivity index (χ4v) is 3.22. The van der Waals surface area contributed by atoms with Gasteiger partial charge in [0, 0.05) is 32.9 Å². The van der Waals surface area contributed by atoms with E-state index in [-0.39, 0.29) is 0 Å². The molecule has 0 aliphatic rings. The van der Waals surface area contributed by atoms with E-state index in [1.165, 1.54) is 16.5 Å². The predicted octanol–water partition coefficient (Wildman–Crippen LogP) is 5.31. The van der Waals surface area contributed by atoms with Crippen molar-refractivity contribution in [3.8, 4) is 0 Å².